The molecule has 2 unspecified atom stereocenters. The standard InChI is InChI=1S/C26H31N5O3/c1-2-33-23-11-18(16-27-25-12-19-10-20(13-25)15-26(32,14-19)17-25)8-9-22(23)34-24-28-29-30-31(24)21-6-4-3-5-7-21/h3-9,11,19-20,27,32H,2,10,12-17H2,1H3. The number of hydrogen-bond acceptors (Lipinski definition) is 7. The summed E-state index contributed by atoms with van der Waals surface area (Å²) in [7, 11) is 0. The van der Waals surface area contributed by atoms with Crippen LogP contribution < -0.4 is 14.8 Å². The van der Waals surface area contributed by atoms with Crippen molar-refractivity contribution in [2.75, 3.05) is 6.61 Å². The van der Waals surface area contributed by atoms with Gasteiger partial charge >= 0.3 is 6.01 Å². The van der Waals surface area contributed by atoms with Gasteiger partial charge in [0.25, 0.3) is 0 Å². The van der Waals surface area contributed by atoms with Crippen LogP contribution in [0.1, 0.15) is 51.0 Å². The molecule has 3 aromatic rings. The molecule has 8 nitrogen and oxygen atoms in total. The highest BCUT2D eigenvalue weighted by atomic mass is 16.5. The number of benzene rings is 2. The molecule has 1 heterocycles. The summed E-state index contributed by atoms with van der Waals surface area (Å²) >= 11 is 0. The minimum Gasteiger partial charge on any atom is -0.490 e. The van der Waals surface area contributed by atoms with Gasteiger partial charge in [-0.15, -0.1) is 0 Å². The largest absolute Gasteiger partial charge is 0.490 e. The Hall–Kier alpha value is -2.97. The lowest BCUT2D eigenvalue weighted by atomic mass is 9.51. The van der Waals surface area contributed by atoms with Crippen molar-refractivity contribution >= 4 is 0 Å². The Morgan fingerprint density at radius 1 is 1.06 bits per heavy atom. The Bertz CT molecular complexity index is 1150. The fourth-order valence-electron chi connectivity index (χ4n) is 6.80. The van der Waals surface area contributed by atoms with E-state index >= 15 is 0 Å². The van der Waals surface area contributed by atoms with Crippen LogP contribution in [-0.2, 0) is 6.54 Å². The van der Waals surface area contributed by atoms with Gasteiger partial charge in [-0.3, -0.25) is 0 Å². The molecule has 0 amide bonds. The van der Waals surface area contributed by atoms with Gasteiger partial charge in [0.1, 0.15) is 0 Å². The fourth-order valence-corrected chi connectivity index (χ4v) is 6.80. The van der Waals surface area contributed by atoms with Crippen molar-refractivity contribution in [2.24, 2.45) is 11.8 Å². The molecule has 2 aromatic carbocycles. The Labute approximate surface area is 199 Å². The summed E-state index contributed by atoms with van der Waals surface area (Å²) < 4.78 is 13.6. The monoisotopic (exact) mass is 461 g/mol. The van der Waals surface area contributed by atoms with Gasteiger partial charge in [-0.25, -0.2) is 0 Å². The van der Waals surface area contributed by atoms with Crippen molar-refractivity contribution in [1.82, 2.24) is 25.5 Å². The summed E-state index contributed by atoms with van der Waals surface area (Å²) in [6.07, 6.45) is 6.47. The summed E-state index contributed by atoms with van der Waals surface area (Å²) in [4.78, 5) is 0. The van der Waals surface area contributed by atoms with E-state index in [1.165, 1.54) is 19.3 Å². The molecule has 0 aliphatic heterocycles. The number of ether oxygens (including phenoxy) is 2. The van der Waals surface area contributed by atoms with Crippen LogP contribution >= 0.6 is 0 Å². The third-order valence-electron chi connectivity index (χ3n) is 7.65. The quantitative estimate of drug-likeness (QED) is 0.523. The lowest BCUT2D eigenvalue weighted by molar-refractivity contribution is -0.142. The molecule has 0 saturated heterocycles. The van der Waals surface area contributed by atoms with Crippen LogP contribution in [0.15, 0.2) is 48.5 Å². The minimum atomic E-state index is -0.464. The van der Waals surface area contributed by atoms with E-state index in [-0.39, 0.29) is 11.5 Å². The molecule has 0 spiro atoms. The van der Waals surface area contributed by atoms with E-state index < -0.39 is 5.60 Å². The first-order valence-corrected chi connectivity index (χ1v) is 12.3. The second-order valence-electron chi connectivity index (χ2n) is 10.3. The SMILES string of the molecule is CCOc1cc(CNC23CC4CC(CC(O)(C4)C2)C3)ccc1Oc1nnnn1-c1ccccc1. The van der Waals surface area contributed by atoms with Gasteiger partial charge in [0.2, 0.25) is 0 Å². The highest BCUT2D eigenvalue weighted by Crippen LogP contribution is 2.57. The van der Waals surface area contributed by atoms with Crippen molar-refractivity contribution in [3.8, 4) is 23.2 Å². The summed E-state index contributed by atoms with van der Waals surface area (Å²) in [6, 6.07) is 15.9. The maximum absolute atomic E-state index is 11.0. The van der Waals surface area contributed by atoms with Crippen molar-refractivity contribution < 1.29 is 14.6 Å². The maximum Gasteiger partial charge on any atom is 0.346 e. The topological polar surface area (TPSA) is 94.3 Å². The molecule has 178 valence electrons. The number of aromatic nitrogens is 4. The molecule has 4 bridgehead atoms. The number of tetrazole rings is 1. The molecule has 4 aliphatic rings. The smallest absolute Gasteiger partial charge is 0.346 e. The van der Waals surface area contributed by atoms with Crippen molar-refractivity contribution in [1.29, 1.82) is 0 Å². The number of hydrogen-bond donors (Lipinski definition) is 2. The predicted octanol–water partition coefficient (Wildman–Crippen LogP) is 4.03. The van der Waals surface area contributed by atoms with Crippen molar-refractivity contribution in [2.45, 2.75) is 63.1 Å². The van der Waals surface area contributed by atoms with Crippen LogP contribution in [0.5, 0.6) is 17.5 Å². The molecule has 4 aliphatic carbocycles. The number of para-hydroxylation sites is 1. The summed E-state index contributed by atoms with van der Waals surface area (Å²) in [6.45, 7) is 3.22. The second-order valence-corrected chi connectivity index (χ2v) is 10.3. The maximum atomic E-state index is 11.0. The molecule has 2 N–H and O–H groups in total. The normalized spacial score (nSPS) is 29.4. The van der Waals surface area contributed by atoms with Gasteiger partial charge in [0.15, 0.2) is 11.5 Å². The molecular formula is C26H31N5O3. The zero-order chi connectivity index (χ0) is 23.2. The Morgan fingerprint density at radius 3 is 2.59 bits per heavy atom. The van der Waals surface area contributed by atoms with Gasteiger partial charge in [0.05, 0.1) is 17.9 Å². The van der Waals surface area contributed by atoms with Crippen molar-refractivity contribution in [3.05, 3.63) is 54.1 Å². The second kappa shape index (κ2) is 8.36. The first kappa shape index (κ1) is 21.6. The molecular weight excluding hydrogens is 430 g/mol. The first-order valence-electron chi connectivity index (χ1n) is 12.3. The zero-order valence-electron chi connectivity index (χ0n) is 19.5. The average Bonchev–Trinajstić information content (AvgIpc) is 3.27. The number of aliphatic hydroxyl groups is 1. The highest BCUT2D eigenvalue weighted by Gasteiger charge is 2.56. The van der Waals surface area contributed by atoms with Gasteiger partial charge in [-0.05, 0) is 97.5 Å². The molecule has 7 rings (SSSR count). The molecule has 2 atom stereocenters. The third-order valence-corrected chi connectivity index (χ3v) is 7.65. The molecule has 34 heavy (non-hydrogen) atoms. The molecule has 8 heteroatoms. The Kier molecular flexibility index (Phi) is 5.30. The summed E-state index contributed by atoms with van der Waals surface area (Å²) in [5, 5.41) is 26.8. The van der Waals surface area contributed by atoms with E-state index in [1.807, 2.05) is 49.4 Å². The van der Waals surface area contributed by atoms with Crippen LogP contribution in [0.25, 0.3) is 5.69 Å². The molecule has 1 aromatic heterocycles. The van der Waals surface area contributed by atoms with E-state index in [0.717, 1.165) is 37.1 Å². The predicted molar refractivity (Wildman–Crippen MR) is 126 cm³/mol. The van der Waals surface area contributed by atoms with Gasteiger partial charge < -0.3 is 19.9 Å². The van der Waals surface area contributed by atoms with E-state index in [2.05, 4.69) is 26.9 Å². The van der Waals surface area contributed by atoms with Gasteiger partial charge in [0, 0.05) is 12.1 Å². The van der Waals surface area contributed by atoms with Crippen LogP contribution in [0.2, 0.25) is 0 Å². The van der Waals surface area contributed by atoms with E-state index in [1.54, 1.807) is 4.68 Å². The lowest BCUT2D eigenvalue weighted by Crippen LogP contribution is -2.64. The van der Waals surface area contributed by atoms with Gasteiger partial charge in [-0.1, -0.05) is 29.4 Å². The van der Waals surface area contributed by atoms with E-state index in [9.17, 15) is 5.11 Å². The Morgan fingerprint density at radius 2 is 1.85 bits per heavy atom. The summed E-state index contributed by atoms with van der Waals surface area (Å²) in [5.41, 5.74) is 1.53. The number of rotatable bonds is 8. The fraction of sp³-hybridized carbons (Fsp3) is 0.500. The molecule has 4 fully saturated rings. The third kappa shape index (κ3) is 4.05. The summed E-state index contributed by atoms with van der Waals surface area (Å²) in [5.74, 6) is 2.54. The average molecular weight is 462 g/mol. The van der Waals surface area contributed by atoms with E-state index in [4.69, 9.17) is 9.47 Å². The van der Waals surface area contributed by atoms with Gasteiger partial charge in [-0.2, -0.15) is 4.68 Å². The van der Waals surface area contributed by atoms with E-state index in [0.29, 0.717) is 29.9 Å². The zero-order valence-corrected chi connectivity index (χ0v) is 19.5. The Balaban J connectivity index is 1.20. The lowest BCUT2D eigenvalue weighted by Gasteiger charge is -2.60. The highest BCUT2D eigenvalue weighted by molar-refractivity contribution is 5.45. The van der Waals surface area contributed by atoms with Crippen LogP contribution in [0.3, 0.4) is 0 Å². The van der Waals surface area contributed by atoms with Crippen LogP contribution in [0.4, 0.5) is 0 Å². The number of nitrogens with zero attached hydrogens (tertiary/aromatic N) is 4. The van der Waals surface area contributed by atoms with Crippen LogP contribution in [-0.4, -0.2) is 43.1 Å². The molecule has 4 saturated carbocycles. The number of nitrogens with one attached hydrogen (secondary N) is 1. The first-order chi connectivity index (χ1) is 16.5. The van der Waals surface area contributed by atoms with Crippen LogP contribution in [0, 0.1) is 11.8 Å². The molecule has 0 radical (unpaired) electrons. The van der Waals surface area contributed by atoms with Crippen molar-refractivity contribution in [3.63, 3.8) is 0 Å². The minimum absolute atomic E-state index is 0.0531.